The number of hydrogen-bond acceptors (Lipinski definition) is 13. The van der Waals surface area contributed by atoms with Crippen molar-refractivity contribution >= 4 is 29.8 Å². The Balaban J connectivity index is 0. The van der Waals surface area contributed by atoms with Crippen LogP contribution in [0.1, 0.15) is 53.9 Å². The number of carbonyl (C=O) groups excluding carboxylic acids is 4. The number of carbonyl (C=O) groups is 5. The highest BCUT2D eigenvalue weighted by Crippen LogP contribution is 2.24. The average Bonchev–Trinajstić information content (AvgIpc) is 3.30. The molecule has 14 heteroatoms. The van der Waals surface area contributed by atoms with Gasteiger partial charge in [-0.2, -0.15) is 0 Å². The van der Waals surface area contributed by atoms with Crippen LogP contribution in [0.5, 0.6) is 0 Å². The van der Waals surface area contributed by atoms with Gasteiger partial charge in [0.25, 0.3) is 5.97 Å². The fraction of sp³-hybridized carbons (Fsp3) is 0.552. The van der Waals surface area contributed by atoms with Gasteiger partial charge in [0.05, 0.1) is 19.8 Å². The van der Waals surface area contributed by atoms with Gasteiger partial charge in [0.1, 0.15) is 18.8 Å². The molecule has 2 fully saturated rings. The van der Waals surface area contributed by atoms with Crippen molar-refractivity contribution < 1.29 is 67.0 Å². The molecule has 1 atom stereocenters. The summed E-state index contributed by atoms with van der Waals surface area (Å²) in [6, 6.07) is 9.50. The van der Waals surface area contributed by atoms with E-state index in [1.807, 2.05) is 30.3 Å². The lowest BCUT2D eigenvalue weighted by molar-refractivity contribution is -0.230. The summed E-state index contributed by atoms with van der Waals surface area (Å²) < 4.78 is 40.6. The molecule has 242 valence electrons. The Labute approximate surface area is 251 Å². The monoisotopic (exact) mass is 614 g/mol. The van der Waals surface area contributed by atoms with E-state index in [4.69, 9.17) is 38.3 Å². The third-order valence-corrected chi connectivity index (χ3v) is 4.52. The zero-order valence-electron chi connectivity index (χ0n) is 24.3. The Morgan fingerprint density at radius 3 is 1.79 bits per heavy atom. The molecule has 2 saturated heterocycles. The van der Waals surface area contributed by atoms with Crippen molar-refractivity contribution in [3.63, 3.8) is 0 Å². The number of carboxylic acids is 1. The molecule has 0 bridgehead atoms. The molecule has 0 aliphatic carbocycles. The fourth-order valence-corrected chi connectivity index (χ4v) is 2.97. The summed E-state index contributed by atoms with van der Waals surface area (Å²) >= 11 is 0. The van der Waals surface area contributed by atoms with Crippen LogP contribution in [0.2, 0.25) is 0 Å². The van der Waals surface area contributed by atoms with Crippen LogP contribution >= 0.6 is 0 Å². The third kappa shape index (κ3) is 21.3. The summed E-state index contributed by atoms with van der Waals surface area (Å²) in [6.07, 6.45) is 6.80. The number of esters is 4. The molecular formula is C29H42O14. The Kier molecular flexibility index (Phi) is 21.6. The minimum absolute atomic E-state index is 0. The van der Waals surface area contributed by atoms with Crippen LogP contribution in [0.15, 0.2) is 30.3 Å². The second-order valence-electron chi connectivity index (χ2n) is 8.73. The predicted molar refractivity (Wildman–Crippen MR) is 150 cm³/mol. The van der Waals surface area contributed by atoms with Crippen molar-refractivity contribution in [1.29, 1.82) is 0 Å². The van der Waals surface area contributed by atoms with Crippen LogP contribution in [-0.4, -0.2) is 92.6 Å². The van der Waals surface area contributed by atoms with Crippen molar-refractivity contribution in [3.8, 4) is 12.8 Å². The van der Waals surface area contributed by atoms with E-state index in [9.17, 15) is 19.2 Å². The summed E-state index contributed by atoms with van der Waals surface area (Å²) in [5, 5.41) is 7.42. The van der Waals surface area contributed by atoms with Crippen molar-refractivity contribution in [1.82, 2.24) is 0 Å². The standard InChI is InChI=1S/C14H16O6.C10H16O6.C2H4O2.C2H2.CH4/c1-10(15)17-9-13(16)20-12-7-18-14(19-8-12)11-5-3-2-4-6-11;1-7(11)13-6-9(12)14-4-8-5-15-10(2,3)16-8;1-2(3)4;1-2;/h2-6,12,14H,7-9H2,1H3;8H,4-6H2,1-3H3;1H3,(H,3,4);1-2H;1H4. The van der Waals surface area contributed by atoms with Crippen LogP contribution in [0.25, 0.3) is 0 Å². The van der Waals surface area contributed by atoms with Crippen LogP contribution in [-0.2, 0) is 61.9 Å². The molecule has 0 saturated carbocycles. The Hall–Kier alpha value is -4.03. The highest BCUT2D eigenvalue weighted by molar-refractivity contribution is 5.75. The first kappa shape index (κ1) is 41.1. The molecule has 3 rings (SSSR count). The van der Waals surface area contributed by atoms with Crippen LogP contribution in [0.3, 0.4) is 0 Å². The van der Waals surface area contributed by atoms with E-state index in [1.54, 1.807) is 13.8 Å². The van der Waals surface area contributed by atoms with Crippen molar-refractivity contribution in [2.45, 2.75) is 66.3 Å². The molecule has 2 aliphatic heterocycles. The average molecular weight is 615 g/mol. The van der Waals surface area contributed by atoms with Gasteiger partial charge >= 0.3 is 23.9 Å². The zero-order valence-corrected chi connectivity index (χ0v) is 24.3. The van der Waals surface area contributed by atoms with Crippen LogP contribution in [0.4, 0.5) is 0 Å². The van der Waals surface area contributed by atoms with E-state index in [1.165, 1.54) is 13.8 Å². The lowest BCUT2D eigenvalue weighted by atomic mass is 10.2. The third-order valence-electron chi connectivity index (χ3n) is 4.52. The first-order valence-electron chi connectivity index (χ1n) is 12.5. The van der Waals surface area contributed by atoms with Gasteiger partial charge in [-0.1, -0.05) is 37.8 Å². The molecule has 1 aromatic rings. The number of ether oxygens (including phenoxy) is 8. The second-order valence-corrected chi connectivity index (χ2v) is 8.73. The maximum Gasteiger partial charge on any atom is 0.344 e. The molecule has 2 heterocycles. The summed E-state index contributed by atoms with van der Waals surface area (Å²) in [4.78, 5) is 52.4. The van der Waals surface area contributed by atoms with Gasteiger partial charge in [-0.05, 0) is 13.8 Å². The normalized spacial score (nSPS) is 19.4. The maximum absolute atomic E-state index is 11.4. The minimum Gasteiger partial charge on any atom is -0.481 e. The molecule has 0 spiro atoms. The Morgan fingerprint density at radius 1 is 0.860 bits per heavy atom. The van der Waals surface area contributed by atoms with Crippen molar-refractivity contribution in [2.75, 3.05) is 39.6 Å². The summed E-state index contributed by atoms with van der Waals surface area (Å²) in [5.41, 5.74) is 0.914. The highest BCUT2D eigenvalue weighted by atomic mass is 16.8. The zero-order chi connectivity index (χ0) is 32.1. The van der Waals surface area contributed by atoms with Gasteiger partial charge in [0.2, 0.25) is 0 Å². The topological polar surface area (TPSA) is 179 Å². The molecule has 1 N–H and O–H groups in total. The van der Waals surface area contributed by atoms with E-state index in [-0.39, 0.29) is 40.0 Å². The van der Waals surface area contributed by atoms with Gasteiger partial charge < -0.3 is 43.0 Å². The van der Waals surface area contributed by atoms with E-state index in [0.717, 1.165) is 12.5 Å². The van der Waals surface area contributed by atoms with E-state index < -0.39 is 54.6 Å². The Bertz CT molecular complexity index is 993. The molecule has 43 heavy (non-hydrogen) atoms. The second kappa shape index (κ2) is 22.6. The van der Waals surface area contributed by atoms with Crippen molar-refractivity contribution in [2.24, 2.45) is 0 Å². The van der Waals surface area contributed by atoms with E-state index >= 15 is 0 Å². The number of carboxylic acid groups (broad SMARTS) is 1. The number of terminal acetylenes is 1. The van der Waals surface area contributed by atoms with Gasteiger partial charge in [-0.3, -0.25) is 14.4 Å². The first-order valence-corrected chi connectivity index (χ1v) is 12.5. The van der Waals surface area contributed by atoms with Crippen LogP contribution in [0, 0.1) is 12.8 Å². The first-order chi connectivity index (χ1) is 19.8. The predicted octanol–water partition coefficient (Wildman–Crippen LogP) is 2.43. The van der Waals surface area contributed by atoms with Crippen molar-refractivity contribution in [3.05, 3.63) is 35.9 Å². The molecule has 0 radical (unpaired) electrons. The number of benzene rings is 1. The lowest BCUT2D eigenvalue weighted by Gasteiger charge is -2.29. The number of aliphatic carboxylic acids is 1. The molecule has 14 nitrogen and oxygen atoms in total. The van der Waals surface area contributed by atoms with Gasteiger partial charge in [0.15, 0.2) is 25.3 Å². The molecule has 1 aromatic carbocycles. The highest BCUT2D eigenvalue weighted by Gasteiger charge is 2.33. The summed E-state index contributed by atoms with van der Waals surface area (Å²) in [7, 11) is 0. The lowest BCUT2D eigenvalue weighted by Crippen LogP contribution is -2.36. The molecular weight excluding hydrogens is 572 g/mol. The minimum atomic E-state index is -0.833. The molecule has 2 aliphatic rings. The SMILES string of the molecule is C.C#C.CC(=O)O.CC(=O)OCC(=O)OC1COC(c2ccccc2)OC1.CC(=O)OCC(=O)OCC1COC(C)(C)O1. The summed E-state index contributed by atoms with van der Waals surface area (Å²) in [6.45, 7) is 7.31. The molecule has 0 amide bonds. The van der Waals surface area contributed by atoms with E-state index in [0.29, 0.717) is 6.61 Å². The van der Waals surface area contributed by atoms with Gasteiger partial charge in [0, 0.05) is 26.3 Å². The number of rotatable bonds is 8. The smallest absolute Gasteiger partial charge is 0.344 e. The maximum atomic E-state index is 11.4. The quantitative estimate of drug-likeness (QED) is 0.256. The fourth-order valence-electron chi connectivity index (χ4n) is 2.97. The number of hydrogen-bond donors (Lipinski definition) is 1. The van der Waals surface area contributed by atoms with Gasteiger partial charge in [-0.25, -0.2) is 9.59 Å². The largest absolute Gasteiger partial charge is 0.481 e. The summed E-state index contributed by atoms with van der Waals surface area (Å²) in [5.74, 6) is -3.72. The molecule has 1 unspecified atom stereocenters. The van der Waals surface area contributed by atoms with Crippen LogP contribution < -0.4 is 0 Å². The van der Waals surface area contributed by atoms with Gasteiger partial charge in [-0.15, -0.1) is 12.8 Å². The Morgan fingerprint density at radius 2 is 1.35 bits per heavy atom. The van der Waals surface area contributed by atoms with E-state index in [2.05, 4.69) is 22.3 Å². The molecule has 0 aromatic heterocycles.